The first-order valence-electron chi connectivity index (χ1n) is 15.7. The van der Waals surface area contributed by atoms with Crippen LogP contribution in [0, 0.1) is 23.0 Å². The molecule has 1 aliphatic heterocycles. The molecule has 244 valence electrons. The van der Waals surface area contributed by atoms with Crippen molar-refractivity contribution in [2.45, 2.75) is 65.8 Å². The zero-order chi connectivity index (χ0) is 32.7. The molecule has 2 heterocycles. The fourth-order valence-corrected chi connectivity index (χ4v) is 9.17. The lowest BCUT2D eigenvalue weighted by Gasteiger charge is -2.32. The van der Waals surface area contributed by atoms with Gasteiger partial charge in [-0.1, -0.05) is 27.7 Å². The number of hydrogen-bond donors (Lipinski definition) is 3. The third-order valence-electron chi connectivity index (χ3n) is 9.18. The number of hydrogen-bond acceptors (Lipinski definition) is 6. The summed E-state index contributed by atoms with van der Waals surface area (Å²) < 4.78 is 58.2. The molecular weight excluding hydrogens is 600 g/mol. The SMILES string of the molecule is CCN(CC)CCNC(=O)[C@H]1CC[C@H](Nc2cc(-c3c4n(c5cc(F)ccc35)S(=O)(=O)CC(C)(C)C4)cc(F)c2C(N)=O)CC1. The van der Waals surface area contributed by atoms with E-state index in [9.17, 15) is 22.4 Å². The molecule has 1 saturated carbocycles. The predicted octanol–water partition coefficient (Wildman–Crippen LogP) is 4.87. The van der Waals surface area contributed by atoms with Gasteiger partial charge in [0.05, 0.1) is 22.5 Å². The summed E-state index contributed by atoms with van der Waals surface area (Å²) in [7, 11) is -3.84. The molecule has 1 aliphatic carbocycles. The first-order valence-corrected chi connectivity index (χ1v) is 17.3. The van der Waals surface area contributed by atoms with Gasteiger partial charge >= 0.3 is 0 Å². The van der Waals surface area contributed by atoms with Crippen LogP contribution < -0.4 is 16.4 Å². The second-order valence-electron chi connectivity index (χ2n) is 13.1. The van der Waals surface area contributed by atoms with Gasteiger partial charge in [-0.05, 0) is 86.5 Å². The average molecular weight is 644 g/mol. The lowest BCUT2D eigenvalue weighted by atomic mass is 9.85. The van der Waals surface area contributed by atoms with Crippen molar-refractivity contribution in [3.05, 3.63) is 53.2 Å². The van der Waals surface area contributed by atoms with Crippen LogP contribution in [0.4, 0.5) is 14.5 Å². The maximum absolute atomic E-state index is 15.7. The largest absolute Gasteiger partial charge is 0.382 e. The molecule has 0 unspecified atom stereocenters. The summed E-state index contributed by atoms with van der Waals surface area (Å²) in [5, 5.41) is 6.83. The molecule has 2 amide bonds. The summed E-state index contributed by atoms with van der Waals surface area (Å²) >= 11 is 0. The van der Waals surface area contributed by atoms with Crippen LogP contribution in [0.1, 0.15) is 69.4 Å². The Labute approximate surface area is 263 Å². The molecule has 12 heteroatoms. The van der Waals surface area contributed by atoms with Crippen molar-refractivity contribution in [2.24, 2.45) is 17.1 Å². The number of anilines is 1. The van der Waals surface area contributed by atoms with E-state index < -0.39 is 33.0 Å². The van der Waals surface area contributed by atoms with Crippen molar-refractivity contribution in [1.29, 1.82) is 0 Å². The molecule has 3 aromatic rings. The lowest BCUT2D eigenvalue weighted by Crippen LogP contribution is -2.39. The van der Waals surface area contributed by atoms with Gasteiger partial charge in [0.1, 0.15) is 11.6 Å². The van der Waals surface area contributed by atoms with Crippen LogP contribution in [0.5, 0.6) is 0 Å². The van der Waals surface area contributed by atoms with Crippen LogP contribution in [0.15, 0.2) is 30.3 Å². The average Bonchev–Trinajstić information content (AvgIpc) is 3.27. The second-order valence-corrected chi connectivity index (χ2v) is 14.9. The number of carbonyl (C=O) groups is 2. The molecule has 0 spiro atoms. The van der Waals surface area contributed by atoms with E-state index in [-0.39, 0.29) is 40.4 Å². The number of nitrogens with two attached hydrogens (primary N) is 1. The standard InChI is InChI=1S/C33H43F2N5O4S/c1-5-39(6-2)14-13-37-32(42)20-7-10-23(11-8-20)38-26-16-21(15-25(35)30(26)31(36)41)29-24-12-9-22(34)17-27(24)40-28(29)18-33(3,4)19-45(40,43)44/h9,12,15-17,20,23,38H,5-8,10-11,13-14,18-19H2,1-4H3,(H2,36,41)(H,37,42)/t20-,23-. The summed E-state index contributed by atoms with van der Waals surface area (Å²) in [4.78, 5) is 27.5. The topological polar surface area (TPSA) is 127 Å². The Kier molecular flexibility index (Phi) is 9.28. The Bertz CT molecular complexity index is 1720. The molecular formula is C33H43F2N5O4S. The van der Waals surface area contributed by atoms with E-state index >= 15 is 4.39 Å². The highest BCUT2D eigenvalue weighted by Crippen LogP contribution is 2.44. The Morgan fingerprint density at radius 2 is 1.76 bits per heavy atom. The van der Waals surface area contributed by atoms with Gasteiger partial charge in [-0.25, -0.2) is 21.2 Å². The first-order chi connectivity index (χ1) is 21.2. The minimum atomic E-state index is -3.84. The van der Waals surface area contributed by atoms with Gasteiger partial charge in [-0.3, -0.25) is 9.59 Å². The Balaban J connectivity index is 1.44. The van der Waals surface area contributed by atoms with Gasteiger partial charge in [0, 0.05) is 41.7 Å². The third-order valence-corrected chi connectivity index (χ3v) is 11.3. The van der Waals surface area contributed by atoms with Crippen molar-refractivity contribution >= 4 is 38.4 Å². The number of nitrogens with one attached hydrogen (secondary N) is 2. The zero-order valence-corrected chi connectivity index (χ0v) is 27.2. The maximum atomic E-state index is 15.7. The number of nitrogens with zero attached hydrogens (tertiary/aromatic N) is 2. The van der Waals surface area contributed by atoms with E-state index in [4.69, 9.17) is 5.73 Å². The fraction of sp³-hybridized carbons (Fsp3) is 0.515. The van der Waals surface area contributed by atoms with Crippen LogP contribution >= 0.6 is 0 Å². The molecule has 1 fully saturated rings. The number of fused-ring (bicyclic) bond motifs is 3. The molecule has 2 aromatic carbocycles. The molecule has 5 rings (SSSR count). The smallest absolute Gasteiger partial charge is 0.253 e. The third kappa shape index (κ3) is 6.72. The molecule has 9 nitrogen and oxygen atoms in total. The highest BCUT2D eigenvalue weighted by molar-refractivity contribution is 7.90. The van der Waals surface area contributed by atoms with Crippen LogP contribution in [0.2, 0.25) is 0 Å². The van der Waals surface area contributed by atoms with E-state index in [1.165, 1.54) is 28.2 Å². The van der Waals surface area contributed by atoms with Crippen molar-refractivity contribution in [1.82, 2.24) is 14.2 Å². The van der Waals surface area contributed by atoms with Gasteiger partial charge < -0.3 is 21.3 Å². The first kappa shape index (κ1) is 32.9. The molecule has 0 saturated heterocycles. The van der Waals surface area contributed by atoms with E-state index in [1.807, 2.05) is 13.8 Å². The predicted molar refractivity (Wildman–Crippen MR) is 173 cm³/mol. The fourth-order valence-electron chi connectivity index (χ4n) is 7.01. The minimum Gasteiger partial charge on any atom is -0.382 e. The normalized spacial score (nSPS) is 20.6. The van der Waals surface area contributed by atoms with E-state index in [1.54, 1.807) is 6.07 Å². The number of aromatic nitrogens is 1. The van der Waals surface area contributed by atoms with Crippen LogP contribution in [0.25, 0.3) is 22.0 Å². The van der Waals surface area contributed by atoms with E-state index in [0.717, 1.165) is 19.6 Å². The Hall–Kier alpha value is -3.51. The number of likely N-dealkylation sites (N-methyl/N-ethyl adjacent to an activating group) is 1. The lowest BCUT2D eigenvalue weighted by molar-refractivity contribution is -0.126. The summed E-state index contributed by atoms with van der Waals surface area (Å²) in [6.07, 6.45) is 2.90. The number of rotatable bonds is 10. The van der Waals surface area contributed by atoms with Crippen LogP contribution in [0.3, 0.4) is 0 Å². The van der Waals surface area contributed by atoms with Crippen molar-refractivity contribution < 1.29 is 26.8 Å². The summed E-state index contributed by atoms with van der Waals surface area (Å²) in [6, 6.07) is 6.63. The number of amides is 2. The monoisotopic (exact) mass is 643 g/mol. The van der Waals surface area contributed by atoms with E-state index in [2.05, 4.69) is 29.4 Å². The summed E-state index contributed by atoms with van der Waals surface area (Å²) in [5.74, 6) is -2.56. The molecule has 0 bridgehead atoms. The van der Waals surface area contributed by atoms with Gasteiger partial charge in [0.15, 0.2) is 0 Å². The quantitative estimate of drug-likeness (QED) is 0.289. The summed E-state index contributed by atoms with van der Waals surface area (Å²) in [5.41, 5.74) is 6.41. The second kappa shape index (κ2) is 12.7. The number of carbonyl (C=O) groups excluding carboxylic acids is 2. The number of benzene rings is 2. The van der Waals surface area contributed by atoms with Gasteiger partial charge in [0.2, 0.25) is 15.9 Å². The maximum Gasteiger partial charge on any atom is 0.253 e. The Morgan fingerprint density at radius 1 is 1.07 bits per heavy atom. The molecule has 45 heavy (non-hydrogen) atoms. The highest BCUT2D eigenvalue weighted by Gasteiger charge is 2.39. The van der Waals surface area contributed by atoms with Crippen molar-refractivity contribution in [3.63, 3.8) is 0 Å². The molecule has 1 aromatic heterocycles. The Morgan fingerprint density at radius 3 is 2.40 bits per heavy atom. The van der Waals surface area contributed by atoms with Gasteiger partial charge in [0.25, 0.3) is 5.91 Å². The highest BCUT2D eigenvalue weighted by atomic mass is 32.2. The molecule has 0 radical (unpaired) electrons. The van der Waals surface area contributed by atoms with Crippen molar-refractivity contribution in [2.75, 3.05) is 37.2 Å². The van der Waals surface area contributed by atoms with Gasteiger partial charge in [-0.2, -0.15) is 0 Å². The van der Waals surface area contributed by atoms with E-state index in [0.29, 0.717) is 60.9 Å². The van der Waals surface area contributed by atoms with Crippen molar-refractivity contribution in [3.8, 4) is 11.1 Å². The number of halogens is 2. The van der Waals surface area contributed by atoms with Gasteiger partial charge in [-0.15, -0.1) is 0 Å². The molecule has 4 N–H and O–H groups in total. The minimum absolute atomic E-state index is 0.0335. The summed E-state index contributed by atoms with van der Waals surface area (Å²) in [6.45, 7) is 11.1. The van der Waals surface area contributed by atoms with Crippen LogP contribution in [-0.4, -0.2) is 67.1 Å². The molecule has 2 aliphatic rings. The number of primary amides is 1. The molecule has 0 atom stereocenters. The van der Waals surface area contributed by atoms with Crippen LogP contribution in [-0.2, 0) is 21.2 Å². The zero-order valence-electron chi connectivity index (χ0n) is 26.4.